The summed E-state index contributed by atoms with van der Waals surface area (Å²) >= 11 is 0. The third-order valence-electron chi connectivity index (χ3n) is 3.19. The van der Waals surface area contributed by atoms with Gasteiger partial charge < -0.3 is 9.47 Å². The van der Waals surface area contributed by atoms with Gasteiger partial charge in [0.1, 0.15) is 17.9 Å². The zero-order valence-corrected chi connectivity index (χ0v) is 10.8. The van der Waals surface area contributed by atoms with Crippen molar-refractivity contribution < 1.29 is 9.47 Å². The van der Waals surface area contributed by atoms with Crippen molar-refractivity contribution >= 4 is 10.9 Å². The molecule has 1 aromatic heterocycles. The van der Waals surface area contributed by atoms with Crippen molar-refractivity contribution in [1.29, 1.82) is 0 Å². The van der Waals surface area contributed by atoms with Gasteiger partial charge >= 0.3 is 0 Å². The van der Waals surface area contributed by atoms with E-state index in [0.717, 1.165) is 16.7 Å². The molecule has 96 valence electrons. The van der Waals surface area contributed by atoms with Crippen LogP contribution in [0.3, 0.4) is 0 Å². The van der Waals surface area contributed by atoms with E-state index in [2.05, 4.69) is 18.1 Å². The van der Waals surface area contributed by atoms with Crippen LogP contribution in [0.25, 0.3) is 10.9 Å². The summed E-state index contributed by atoms with van der Waals surface area (Å²) in [4.78, 5) is 0. The third kappa shape index (κ3) is 2.34. The second-order valence-corrected chi connectivity index (χ2v) is 4.86. The van der Waals surface area contributed by atoms with Crippen LogP contribution in [0, 0.1) is 6.92 Å². The molecule has 1 fully saturated rings. The molecule has 0 unspecified atom stereocenters. The number of aromatic nitrogens is 2. The smallest absolute Gasteiger partial charge is 0.147 e. The summed E-state index contributed by atoms with van der Waals surface area (Å²) < 4.78 is 13.2. The van der Waals surface area contributed by atoms with Gasteiger partial charge in [-0.15, -0.1) is 0 Å². The van der Waals surface area contributed by atoms with Crippen LogP contribution in [-0.4, -0.2) is 29.1 Å². The minimum Gasteiger partial charge on any atom is -0.489 e. The molecule has 0 amide bonds. The summed E-state index contributed by atoms with van der Waals surface area (Å²) in [5.74, 6) is 0.843. The number of nitrogens with zero attached hydrogens (tertiary/aromatic N) is 2. The Morgan fingerprint density at radius 2 is 2.17 bits per heavy atom. The average molecular weight is 246 g/mol. The highest BCUT2D eigenvalue weighted by Gasteiger charge is 2.21. The number of rotatable bonds is 5. The highest BCUT2D eigenvalue weighted by Crippen LogP contribution is 2.27. The molecule has 1 aliphatic rings. The molecular formula is C14H18N2O2. The van der Waals surface area contributed by atoms with Gasteiger partial charge in [-0.05, 0) is 31.4 Å². The van der Waals surface area contributed by atoms with Crippen molar-refractivity contribution in [2.24, 2.45) is 7.05 Å². The lowest BCUT2D eigenvalue weighted by Gasteiger charge is -2.07. The second kappa shape index (κ2) is 4.61. The number of ether oxygens (including phenoxy) is 2. The molecule has 1 saturated carbocycles. The topological polar surface area (TPSA) is 36.3 Å². The first kappa shape index (κ1) is 11.5. The lowest BCUT2D eigenvalue weighted by atomic mass is 10.1. The summed E-state index contributed by atoms with van der Waals surface area (Å²) in [7, 11) is 1.93. The normalized spacial score (nSPS) is 15.2. The van der Waals surface area contributed by atoms with Crippen molar-refractivity contribution in [3.05, 3.63) is 23.9 Å². The van der Waals surface area contributed by atoms with Crippen LogP contribution in [0.4, 0.5) is 0 Å². The van der Waals surface area contributed by atoms with Crippen LogP contribution in [0.15, 0.2) is 18.3 Å². The van der Waals surface area contributed by atoms with Gasteiger partial charge in [0.05, 0.1) is 12.7 Å². The van der Waals surface area contributed by atoms with E-state index < -0.39 is 0 Å². The van der Waals surface area contributed by atoms with E-state index in [1.807, 2.05) is 24.0 Å². The molecule has 2 aromatic rings. The summed E-state index contributed by atoms with van der Waals surface area (Å²) in [6.07, 6.45) is 4.92. The predicted molar refractivity (Wildman–Crippen MR) is 69.9 cm³/mol. The van der Waals surface area contributed by atoms with Gasteiger partial charge in [0.15, 0.2) is 0 Å². The van der Waals surface area contributed by atoms with Crippen LogP contribution < -0.4 is 4.74 Å². The Kier molecular flexibility index (Phi) is 2.96. The van der Waals surface area contributed by atoms with Gasteiger partial charge in [0.25, 0.3) is 0 Å². The van der Waals surface area contributed by atoms with Crippen molar-refractivity contribution in [2.75, 3.05) is 13.2 Å². The van der Waals surface area contributed by atoms with Gasteiger partial charge in [-0.25, -0.2) is 0 Å². The molecule has 0 N–H and O–H groups in total. The van der Waals surface area contributed by atoms with Crippen LogP contribution in [0.5, 0.6) is 5.75 Å². The van der Waals surface area contributed by atoms with Crippen LogP contribution in [-0.2, 0) is 11.8 Å². The van der Waals surface area contributed by atoms with Gasteiger partial charge in [0.2, 0.25) is 0 Å². The Labute approximate surface area is 106 Å². The minimum atomic E-state index is 0.487. The molecule has 4 heteroatoms. The predicted octanol–water partition coefficient (Wildman–Crippen LogP) is 2.44. The lowest BCUT2D eigenvalue weighted by Crippen LogP contribution is -2.08. The number of aryl methyl sites for hydroxylation is 2. The van der Waals surface area contributed by atoms with E-state index in [4.69, 9.17) is 9.47 Å². The van der Waals surface area contributed by atoms with E-state index in [-0.39, 0.29) is 0 Å². The quantitative estimate of drug-likeness (QED) is 0.760. The molecule has 1 heterocycles. The Balaban J connectivity index is 1.72. The molecule has 0 atom stereocenters. The maximum Gasteiger partial charge on any atom is 0.147 e. The number of fused-ring (bicyclic) bond motifs is 1. The summed E-state index contributed by atoms with van der Waals surface area (Å²) in [6, 6.07) is 4.06. The van der Waals surface area contributed by atoms with Gasteiger partial charge in [-0.2, -0.15) is 5.10 Å². The van der Waals surface area contributed by atoms with Crippen molar-refractivity contribution in [3.63, 3.8) is 0 Å². The molecule has 4 nitrogen and oxygen atoms in total. The van der Waals surface area contributed by atoms with Crippen molar-refractivity contribution in [1.82, 2.24) is 9.78 Å². The molecule has 0 spiro atoms. The molecule has 0 bridgehead atoms. The highest BCUT2D eigenvalue weighted by atomic mass is 16.5. The fraction of sp³-hybridized carbons (Fsp3) is 0.500. The van der Waals surface area contributed by atoms with Crippen LogP contribution in [0.1, 0.15) is 18.4 Å². The standard InChI is InChI=1S/C14H18N2O2/c1-10-3-6-13(14-12(10)9-16(2)15-14)18-8-7-17-11-4-5-11/h3,6,9,11H,4-5,7-8H2,1-2H3. The first-order valence-electron chi connectivity index (χ1n) is 6.41. The largest absolute Gasteiger partial charge is 0.489 e. The van der Waals surface area contributed by atoms with Crippen LogP contribution >= 0.6 is 0 Å². The third-order valence-corrected chi connectivity index (χ3v) is 3.19. The molecule has 0 aliphatic heterocycles. The van der Waals surface area contributed by atoms with Gasteiger partial charge in [-0.1, -0.05) is 6.07 Å². The first-order chi connectivity index (χ1) is 8.74. The van der Waals surface area contributed by atoms with E-state index in [0.29, 0.717) is 19.3 Å². The Morgan fingerprint density at radius 1 is 1.33 bits per heavy atom. The Morgan fingerprint density at radius 3 is 2.94 bits per heavy atom. The first-order valence-corrected chi connectivity index (χ1v) is 6.41. The van der Waals surface area contributed by atoms with E-state index in [9.17, 15) is 0 Å². The summed E-state index contributed by atoms with van der Waals surface area (Å²) in [5.41, 5.74) is 2.16. The van der Waals surface area contributed by atoms with Gasteiger partial charge in [-0.3, -0.25) is 4.68 Å². The maximum absolute atomic E-state index is 5.76. The Hall–Kier alpha value is -1.55. The Bertz CT molecular complexity index is 558. The zero-order valence-electron chi connectivity index (χ0n) is 10.8. The van der Waals surface area contributed by atoms with E-state index in [1.54, 1.807) is 0 Å². The molecular weight excluding hydrogens is 228 g/mol. The van der Waals surface area contributed by atoms with E-state index >= 15 is 0 Å². The molecule has 0 radical (unpaired) electrons. The molecule has 3 rings (SSSR count). The SMILES string of the molecule is Cc1ccc(OCCOC2CC2)c2nn(C)cc12. The maximum atomic E-state index is 5.76. The summed E-state index contributed by atoms with van der Waals surface area (Å²) in [5, 5.41) is 5.60. The minimum absolute atomic E-state index is 0.487. The number of benzene rings is 1. The molecule has 18 heavy (non-hydrogen) atoms. The molecule has 1 aromatic carbocycles. The fourth-order valence-corrected chi connectivity index (χ4v) is 2.05. The average Bonchev–Trinajstić information content (AvgIpc) is 3.08. The lowest BCUT2D eigenvalue weighted by molar-refractivity contribution is 0.0885. The molecule has 1 aliphatic carbocycles. The van der Waals surface area contributed by atoms with Crippen LogP contribution in [0.2, 0.25) is 0 Å². The monoisotopic (exact) mass is 246 g/mol. The number of hydrogen-bond donors (Lipinski definition) is 0. The van der Waals surface area contributed by atoms with E-state index in [1.165, 1.54) is 18.4 Å². The molecule has 0 saturated heterocycles. The second-order valence-electron chi connectivity index (χ2n) is 4.86. The van der Waals surface area contributed by atoms with Gasteiger partial charge in [0, 0.05) is 18.6 Å². The highest BCUT2D eigenvalue weighted by molar-refractivity contribution is 5.87. The van der Waals surface area contributed by atoms with Crippen molar-refractivity contribution in [3.8, 4) is 5.75 Å². The zero-order chi connectivity index (χ0) is 12.5. The van der Waals surface area contributed by atoms with Crippen molar-refractivity contribution in [2.45, 2.75) is 25.9 Å². The fourth-order valence-electron chi connectivity index (χ4n) is 2.05. The summed E-state index contributed by atoms with van der Waals surface area (Å²) in [6.45, 7) is 3.34. The number of hydrogen-bond acceptors (Lipinski definition) is 3.